The second-order valence-electron chi connectivity index (χ2n) is 2.61. The summed E-state index contributed by atoms with van der Waals surface area (Å²) < 4.78 is 0. The van der Waals surface area contributed by atoms with Crippen LogP contribution in [0.1, 0.15) is 16.8 Å². The summed E-state index contributed by atoms with van der Waals surface area (Å²) in [6, 6.07) is 0. The highest BCUT2D eigenvalue weighted by Gasteiger charge is 2.14. The van der Waals surface area contributed by atoms with Gasteiger partial charge in [-0.1, -0.05) is 11.6 Å². The molecule has 1 aromatic heterocycles. The summed E-state index contributed by atoms with van der Waals surface area (Å²) in [7, 11) is 0. The van der Waals surface area contributed by atoms with Gasteiger partial charge in [0.2, 0.25) is 0 Å². The Kier molecular flexibility index (Phi) is 3.08. The Hall–Kier alpha value is -0.840. The maximum Gasteiger partial charge on any atom is 0.142 e. The summed E-state index contributed by atoms with van der Waals surface area (Å²) >= 11 is 5.69. The molecule has 1 rings (SSSR count). The standard InChI is InChI=1S/C8H10ClNO3/c1-4-7(13)5(2-11)6(3-12)8(9)10-4/h11-13H,2-3H2,1H3. The second-order valence-corrected chi connectivity index (χ2v) is 2.97. The minimum atomic E-state index is -0.370. The first-order chi connectivity index (χ1) is 6.11. The number of aryl methyl sites for hydroxylation is 1. The monoisotopic (exact) mass is 203 g/mol. The fourth-order valence-corrected chi connectivity index (χ4v) is 1.39. The topological polar surface area (TPSA) is 73.6 Å². The first kappa shape index (κ1) is 10.2. The van der Waals surface area contributed by atoms with Crippen LogP contribution in [0.4, 0.5) is 0 Å². The van der Waals surface area contributed by atoms with E-state index in [4.69, 9.17) is 21.8 Å². The Morgan fingerprint density at radius 3 is 2.23 bits per heavy atom. The largest absolute Gasteiger partial charge is 0.506 e. The van der Waals surface area contributed by atoms with E-state index in [-0.39, 0.29) is 35.2 Å². The van der Waals surface area contributed by atoms with Crippen molar-refractivity contribution in [2.45, 2.75) is 20.1 Å². The highest BCUT2D eigenvalue weighted by atomic mass is 35.5. The molecular formula is C8H10ClNO3. The molecule has 0 aromatic carbocycles. The number of aliphatic hydroxyl groups excluding tert-OH is 2. The lowest BCUT2D eigenvalue weighted by Crippen LogP contribution is -2.00. The predicted octanol–water partition coefficient (Wildman–Crippen LogP) is 0.734. The number of pyridine rings is 1. The molecule has 1 aromatic rings. The molecule has 0 fully saturated rings. The van der Waals surface area contributed by atoms with Crippen molar-refractivity contribution in [3.63, 3.8) is 0 Å². The van der Waals surface area contributed by atoms with Crippen molar-refractivity contribution in [3.8, 4) is 5.75 Å². The van der Waals surface area contributed by atoms with E-state index in [2.05, 4.69) is 4.98 Å². The van der Waals surface area contributed by atoms with Gasteiger partial charge in [0.05, 0.1) is 18.9 Å². The first-order valence-electron chi connectivity index (χ1n) is 3.70. The molecular weight excluding hydrogens is 194 g/mol. The van der Waals surface area contributed by atoms with Gasteiger partial charge in [-0.05, 0) is 6.92 Å². The Morgan fingerprint density at radius 1 is 1.23 bits per heavy atom. The van der Waals surface area contributed by atoms with Crippen molar-refractivity contribution in [2.75, 3.05) is 0 Å². The molecule has 0 saturated heterocycles. The van der Waals surface area contributed by atoms with Gasteiger partial charge in [0.1, 0.15) is 10.9 Å². The van der Waals surface area contributed by atoms with Gasteiger partial charge in [0.25, 0.3) is 0 Å². The number of aliphatic hydroxyl groups is 2. The molecule has 0 unspecified atom stereocenters. The summed E-state index contributed by atoms with van der Waals surface area (Å²) in [5.41, 5.74) is 0.846. The van der Waals surface area contributed by atoms with Crippen molar-refractivity contribution < 1.29 is 15.3 Å². The van der Waals surface area contributed by atoms with Gasteiger partial charge in [-0.25, -0.2) is 4.98 Å². The first-order valence-corrected chi connectivity index (χ1v) is 4.08. The van der Waals surface area contributed by atoms with E-state index >= 15 is 0 Å². The van der Waals surface area contributed by atoms with Crippen molar-refractivity contribution in [2.24, 2.45) is 0 Å². The molecule has 0 radical (unpaired) electrons. The lowest BCUT2D eigenvalue weighted by atomic mass is 10.1. The van der Waals surface area contributed by atoms with E-state index < -0.39 is 0 Å². The van der Waals surface area contributed by atoms with Gasteiger partial charge < -0.3 is 15.3 Å². The lowest BCUT2D eigenvalue weighted by molar-refractivity contribution is 0.254. The second kappa shape index (κ2) is 3.91. The van der Waals surface area contributed by atoms with Crippen LogP contribution in [0, 0.1) is 6.92 Å². The Balaban J connectivity index is 3.41. The van der Waals surface area contributed by atoms with Gasteiger partial charge in [-0.3, -0.25) is 0 Å². The molecule has 0 amide bonds. The smallest absolute Gasteiger partial charge is 0.142 e. The summed E-state index contributed by atoms with van der Waals surface area (Å²) in [6.45, 7) is 0.849. The van der Waals surface area contributed by atoms with Crippen LogP contribution in [-0.4, -0.2) is 20.3 Å². The molecule has 0 bridgehead atoms. The van der Waals surface area contributed by atoms with Crippen molar-refractivity contribution in [3.05, 3.63) is 22.0 Å². The highest BCUT2D eigenvalue weighted by molar-refractivity contribution is 6.30. The van der Waals surface area contributed by atoms with E-state index in [0.717, 1.165) is 0 Å². The zero-order chi connectivity index (χ0) is 10.0. The highest BCUT2D eigenvalue weighted by Crippen LogP contribution is 2.28. The van der Waals surface area contributed by atoms with E-state index in [1.165, 1.54) is 0 Å². The third-order valence-electron chi connectivity index (χ3n) is 1.82. The van der Waals surface area contributed by atoms with Crippen LogP contribution < -0.4 is 0 Å². The van der Waals surface area contributed by atoms with Crippen molar-refractivity contribution >= 4 is 11.6 Å². The number of halogens is 1. The quantitative estimate of drug-likeness (QED) is 0.620. The molecule has 0 aliphatic heterocycles. The van der Waals surface area contributed by atoms with Crippen LogP contribution >= 0.6 is 11.6 Å². The average molecular weight is 204 g/mol. The molecule has 0 saturated carbocycles. The normalized spacial score (nSPS) is 10.5. The number of nitrogens with zero attached hydrogens (tertiary/aromatic N) is 1. The Morgan fingerprint density at radius 2 is 1.77 bits per heavy atom. The number of aromatic nitrogens is 1. The lowest BCUT2D eigenvalue weighted by Gasteiger charge is -2.10. The third kappa shape index (κ3) is 1.75. The molecule has 0 aliphatic rings. The summed E-state index contributed by atoms with van der Waals surface area (Å²) in [4.78, 5) is 3.80. The average Bonchev–Trinajstić information content (AvgIpc) is 2.10. The maximum atomic E-state index is 9.44. The number of hydrogen-bond donors (Lipinski definition) is 3. The van der Waals surface area contributed by atoms with E-state index in [1.54, 1.807) is 6.92 Å². The van der Waals surface area contributed by atoms with Gasteiger partial charge in [0, 0.05) is 11.1 Å². The van der Waals surface area contributed by atoms with Crippen LogP contribution in [-0.2, 0) is 13.2 Å². The number of rotatable bonds is 2. The summed E-state index contributed by atoms with van der Waals surface area (Å²) in [5, 5.41) is 27.4. The molecule has 72 valence electrons. The number of aromatic hydroxyl groups is 1. The zero-order valence-corrected chi connectivity index (χ0v) is 7.84. The summed E-state index contributed by atoms with van der Waals surface area (Å²) in [6.07, 6.45) is 0. The van der Waals surface area contributed by atoms with E-state index in [9.17, 15) is 5.11 Å². The molecule has 0 spiro atoms. The fourth-order valence-electron chi connectivity index (χ4n) is 1.08. The molecule has 0 atom stereocenters. The van der Waals surface area contributed by atoms with Crippen molar-refractivity contribution in [1.82, 2.24) is 4.98 Å². The molecule has 5 heteroatoms. The minimum absolute atomic E-state index is 0.113. The zero-order valence-electron chi connectivity index (χ0n) is 7.08. The third-order valence-corrected chi connectivity index (χ3v) is 2.14. The minimum Gasteiger partial charge on any atom is -0.506 e. The van der Waals surface area contributed by atoms with Gasteiger partial charge in [0.15, 0.2) is 0 Å². The molecule has 0 aliphatic carbocycles. The van der Waals surface area contributed by atoms with Gasteiger partial charge >= 0.3 is 0 Å². The van der Waals surface area contributed by atoms with E-state index in [1.807, 2.05) is 0 Å². The van der Waals surface area contributed by atoms with Crippen LogP contribution in [0.5, 0.6) is 5.75 Å². The van der Waals surface area contributed by atoms with E-state index in [0.29, 0.717) is 5.69 Å². The molecule has 4 nitrogen and oxygen atoms in total. The van der Waals surface area contributed by atoms with Crippen LogP contribution in [0.2, 0.25) is 5.15 Å². The van der Waals surface area contributed by atoms with Crippen LogP contribution in [0.25, 0.3) is 0 Å². The van der Waals surface area contributed by atoms with Crippen molar-refractivity contribution in [1.29, 1.82) is 0 Å². The molecule has 13 heavy (non-hydrogen) atoms. The van der Waals surface area contributed by atoms with Crippen LogP contribution in [0.3, 0.4) is 0 Å². The number of hydrogen-bond acceptors (Lipinski definition) is 4. The Bertz CT molecular complexity index is 328. The summed E-state index contributed by atoms with van der Waals surface area (Å²) in [5.74, 6) is -0.115. The SMILES string of the molecule is Cc1nc(Cl)c(CO)c(CO)c1O. The molecule has 1 heterocycles. The Labute approximate surface area is 80.4 Å². The van der Waals surface area contributed by atoms with Gasteiger partial charge in [-0.15, -0.1) is 0 Å². The van der Waals surface area contributed by atoms with Gasteiger partial charge in [-0.2, -0.15) is 0 Å². The fraction of sp³-hybridized carbons (Fsp3) is 0.375. The van der Waals surface area contributed by atoms with Crippen LogP contribution in [0.15, 0.2) is 0 Å². The predicted molar refractivity (Wildman–Crippen MR) is 47.5 cm³/mol. The molecule has 3 N–H and O–H groups in total. The maximum absolute atomic E-state index is 9.44.